The molecule has 252 valence electrons. The molecule has 0 radical (unpaired) electrons. The van der Waals surface area contributed by atoms with Gasteiger partial charge in [0, 0.05) is 24.6 Å². The van der Waals surface area contributed by atoms with Crippen molar-refractivity contribution in [3.05, 3.63) is 156 Å². The molecular weight excluding hydrogens is 642 g/mol. The summed E-state index contributed by atoms with van der Waals surface area (Å²) in [7, 11) is -4.29. The summed E-state index contributed by atoms with van der Waals surface area (Å²) in [6, 6.07) is 37.1. The van der Waals surface area contributed by atoms with Crippen LogP contribution >= 0.6 is 0 Å². The summed E-state index contributed by atoms with van der Waals surface area (Å²) in [5.41, 5.74) is 1.17. The van der Waals surface area contributed by atoms with Crippen LogP contribution in [0.2, 0.25) is 0 Å². The molecule has 5 rings (SSSR count). The predicted octanol–water partition coefficient (Wildman–Crippen LogP) is 6.98. The number of carbonyl (C=O) groups is 2. The number of nitrogens with zero attached hydrogens (tertiary/aromatic N) is 2. The van der Waals surface area contributed by atoms with Gasteiger partial charge in [-0.1, -0.05) is 84.9 Å². The predicted molar refractivity (Wildman–Crippen MR) is 188 cm³/mol. The Kier molecular flexibility index (Phi) is 11.4. The van der Waals surface area contributed by atoms with Crippen LogP contribution < -0.4 is 14.4 Å². The van der Waals surface area contributed by atoms with Gasteiger partial charge in [0.1, 0.15) is 29.9 Å². The van der Waals surface area contributed by atoms with Gasteiger partial charge in [-0.3, -0.25) is 13.9 Å². The number of sulfonamides is 1. The van der Waals surface area contributed by atoms with Gasteiger partial charge in [-0.25, -0.2) is 12.8 Å². The van der Waals surface area contributed by atoms with Crippen molar-refractivity contribution in [1.82, 2.24) is 10.2 Å². The van der Waals surface area contributed by atoms with Gasteiger partial charge in [0.15, 0.2) is 0 Å². The number of halogens is 1. The average Bonchev–Trinajstić information content (AvgIpc) is 3.10. The summed E-state index contributed by atoms with van der Waals surface area (Å²) >= 11 is 0. The molecule has 10 heteroatoms. The first-order chi connectivity index (χ1) is 23.6. The van der Waals surface area contributed by atoms with E-state index in [-0.39, 0.29) is 35.2 Å². The number of nitrogens with one attached hydrogen (secondary N) is 1. The van der Waals surface area contributed by atoms with Gasteiger partial charge < -0.3 is 15.0 Å². The Labute approximate surface area is 286 Å². The molecule has 0 aliphatic rings. The zero-order chi connectivity index (χ0) is 34.8. The summed E-state index contributed by atoms with van der Waals surface area (Å²) in [4.78, 5) is 29.6. The van der Waals surface area contributed by atoms with E-state index in [1.165, 1.54) is 29.2 Å². The Bertz CT molecular complexity index is 1940. The monoisotopic (exact) mass is 679 g/mol. The van der Waals surface area contributed by atoms with Crippen molar-refractivity contribution >= 4 is 27.5 Å². The third kappa shape index (κ3) is 9.11. The van der Waals surface area contributed by atoms with Crippen LogP contribution in [0.3, 0.4) is 0 Å². The molecule has 0 fully saturated rings. The minimum Gasteiger partial charge on any atom is -0.457 e. The molecular formula is C39H38FN3O5S. The lowest BCUT2D eigenvalue weighted by Crippen LogP contribution is -2.54. The van der Waals surface area contributed by atoms with Crippen molar-refractivity contribution in [3.63, 3.8) is 0 Å². The highest BCUT2D eigenvalue weighted by molar-refractivity contribution is 7.92. The van der Waals surface area contributed by atoms with Crippen molar-refractivity contribution in [2.75, 3.05) is 10.8 Å². The van der Waals surface area contributed by atoms with Crippen molar-refractivity contribution < 1.29 is 27.1 Å². The van der Waals surface area contributed by atoms with Crippen LogP contribution in [-0.2, 0) is 32.6 Å². The Balaban J connectivity index is 1.55. The lowest BCUT2D eigenvalue weighted by atomic mass is 10.0. The van der Waals surface area contributed by atoms with Crippen LogP contribution in [-0.4, -0.2) is 43.8 Å². The Hall–Kier alpha value is -5.48. The fraction of sp³-hybridized carbons (Fsp3) is 0.179. The molecule has 5 aromatic carbocycles. The minimum atomic E-state index is -4.29. The summed E-state index contributed by atoms with van der Waals surface area (Å²) in [5, 5.41) is 2.89. The fourth-order valence-electron chi connectivity index (χ4n) is 5.30. The molecule has 49 heavy (non-hydrogen) atoms. The van der Waals surface area contributed by atoms with Gasteiger partial charge in [0.25, 0.3) is 10.0 Å². The van der Waals surface area contributed by atoms with E-state index in [4.69, 9.17) is 4.74 Å². The van der Waals surface area contributed by atoms with E-state index >= 15 is 4.39 Å². The fourth-order valence-corrected chi connectivity index (χ4v) is 6.73. The topological polar surface area (TPSA) is 96.0 Å². The lowest BCUT2D eigenvalue weighted by molar-refractivity contribution is -0.140. The van der Waals surface area contributed by atoms with Gasteiger partial charge in [0.05, 0.1) is 10.6 Å². The second kappa shape index (κ2) is 16.1. The van der Waals surface area contributed by atoms with Crippen LogP contribution in [0, 0.1) is 5.82 Å². The number of ether oxygens (including phenoxy) is 1. The van der Waals surface area contributed by atoms with Gasteiger partial charge in [-0.05, 0) is 74.0 Å². The van der Waals surface area contributed by atoms with E-state index < -0.39 is 40.2 Å². The molecule has 1 N–H and O–H groups in total. The van der Waals surface area contributed by atoms with Crippen LogP contribution in [0.25, 0.3) is 0 Å². The van der Waals surface area contributed by atoms with Gasteiger partial charge >= 0.3 is 0 Å². The molecule has 0 aromatic heterocycles. The van der Waals surface area contributed by atoms with Crippen LogP contribution in [0.5, 0.6) is 11.5 Å². The molecule has 0 heterocycles. The van der Waals surface area contributed by atoms with Crippen LogP contribution in [0.15, 0.2) is 144 Å². The summed E-state index contributed by atoms with van der Waals surface area (Å²) in [6.07, 6.45) is 0.122. The Morgan fingerprint density at radius 2 is 1.29 bits per heavy atom. The standard InChI is InChI=1S/C39H38FN3O5S/c1-29(2)41-39(45)37(26-30-14-6-3-7-15-30)42(27-31-16-12-13-21-36(31)40)38(44)28-43(49(46,47)35-19-10-5-11-20-35)32-22-24-34(25-23-32)48-33-17-8-4-9-18-33/h3-25,29,37H,26-28H2,1-2H3,(H,41,45)/t37-/m1/s1. The molecule has 0 aliphatic carbocycles. The molecule has 0 aliphatic heterocycles. The first-order valence-corrected chi connectivity index (χ1v) is 17.3. The highest BCUT2D eigenvalue weighted by Gasteiger charge is 2.35. The quantitative estimate of drug-likeness (QED) is 0.137. The maximum atomic E-state index is 15.1. The molecule has 0 saturated carbocycles. The van der Waals surface area contributed by atoms with E-state index in [2.05, 4.69) is 5.32 Å². The molecule has 0 spiro atoms. The summed E-state index contributed by atoms with van der Waals surface area (Å²) < 4.78 is 50.4. The highest BCUT2D eigenvalue weighted by Crippen LogP contribution is 2.29. The number of amides is 2. The lowest BCUT2D eigenvalue weighted by Gasteiger charge is -2.34. The zero-order valence-electron chi connectivity index (χ0n) is 27.3. The smallest absolute Gasteiger partial charge is 0.264 e. The van der Waals surface area contributed by atoms with Crippen molar-refractivity contribution in [2.24, 2.45) is 0 Å². The number of benzene rings is 5. The zero-order valence-corrected chi connectivity index (χ0v) is 28.1. The molecule has 0 bridgehead atoms. The van der Waals surface area contributed by atoms with Gasteiger partial charge in [0.2, 0.25) is 11.8 Å². The molecule has 0 saturated heterocycles. The van der Waals surface area contributed by atoms with E-state index in [9.17, 15) is 18.0 Å². The first kappa shape index (κ1) is 34.8. The number of hydrogen-bond donors (Lipinski definition) is 1. The van der Waals surface area contributed by atoms with Gasteiger partial charge in [-0.15, -0.1) is 0 Å². The third-order valence-corrected chi connectivity index (χ3v) is 9.50. The normalized spacial score (nSPS) is 11.8. The number of carbonyl (C=O) groups excluding carboxylic acids is 2. The highest BCUT2D eigenvalue weighted by atomic mass is 32.2. The minimum absolute atomic E-state index is 0.0218. The number of para-hydroxylation sites is 1. The average molecular weight is 680 g/mol. The van der Waals surface area contributed by atoms with Crippen LogP contribution in [0.4, 0.5) is 10.1 Å². The van der Waals surface area contributed by atoms with E-state index in [1.807, 2.05) is 48.5 Å². The summed E-state index contributed by atoms with van der Waals surface area (Å²) in [5.74, 6) is -0.610. The van der Waals surface area contributed by atoms with Crippen molar-refractivity contribution in [3.8, 4) is 11.5 Å². The summed E-state index contributed by atoms with van der Waals surface area (Å²) in [6.45, 7) is 2.68. The third-order valence-electron chi connectivity index (χ3n) is 7.71. The van der Waals surface area contributed by atoms with E-state index in [1.54, 1.807) is 80.6 Å². The second-order valence-electron chi connectivity index (χ2n) is 11.7. The van der Waals surface area contributed by atoms with Crippen molar-refractivity contribution in [2.45, 2.75) is 43.8 Å². The maximum absolute atomic E-state index is 15.1. The Morgan fingerprint density at radius 3 is 1.90 bits per heavy atom. The molecule has 2 amide bonds. The first-order valence-electron chi connectivity index (χ1n) is 15.9. The molecule has 5 aromatic rings. The largest absolute Gasteiger partial charge is 0.457 e. The van der Waals surface area contributed by atoms with Gasteiger partial charge in [-0.2, -0.15) is 0 Å². The molecule has 0 unspecified atom stereocenters. The number of hydrogen-bond acceptors (Lipinski definition) is 5. The van der Waals surface area contributed by atoms with E-state index in [0.29, 0.717) is 11.5 Å². The second-order valence-corrected chi connectivity index (χ2v) is 13.6. The molecule has 8 nitrogen and oxygen atoms in total. The SMILES string of the molecule is CC(C)NC(=O)[C@@H](Cc1ccccc1)N(Cc1ccccc1F)C(=O)CN(c1ccc(Oc2ccccc2)cc1)S(=O)(=O)c1ccccc1. The molecule has 1 atom stereocenters. The maximum Gasteiger partial charge on any atom is 0.264 e. The number of anilines is 1. The van der Waals surface area contributed by atoms with E-state index in [0.717, 1.165) is 9.87 Å². The van der Waals surface area contributed by atoms with Crippen LogP contribution in [0.1, 0.15) is 25.0 Å². The van der Waals surface area contributed by atoms with Crippen molar-refractivity contribution in [1.29, 1.82) is 0 Å². The Morgan fingerprint density at radius 1 is 0.735 bits per heavy atom. The number of rotatable bonds is 14.